The third kappa shape index (κ3) is 3.39. The molecule has 136 valence electrons. The second kappa shape index (κ2) is 6.17. The standard InChI is InChI=1S/C15H18F3N5O2/c1-7-4-9-12(22-23(3)13(9)8(2)25-7)14(24)20-6-11-19-5-10(21-11)15(16,17)18/h5,7-8H,4,6H2,1-3H3,(H,19,21)(H,20,24)/t7-,8+/m1/s1. The highest BCUT2D eigenvalue weighted by Gasteiger charge is 2.33. The number of fused-ring (bicyclic) bond motifs is 1. The SMILES string of the molecule is C[C@@H]1Cc2c(C(=O)NCc3ncc(C(F)(F)F)[nH]3)nn(C)c2[C@H](C)O1. The molecule has 0 unspecified atom stereocenters. The first-order valence-corrected chi connectivity index (χ1v) is 7.77. The molecule has 0 saturated heterocycles. The average molecular weight is 357 g/mol. The smallest absolute Gasteiger partial charge is 0.369 e. The Hall–Kier alpha value is -2.36. The van der Waals surface area contributed by atoms with Gasteiger partial charge in [0.05, 0.1) is 30.6 Å². The normalized spacial score (nSPS) is 20.4. The Morgan fingerprint density at radius 2 is 2.20 bits per heavy atom. The molecule has 0 aromatic carbocycles. The minimum atomic E-state index is -4.50. The molecule has 2 N–H and O–H groups in total. The van der Waals surface area contributed by atoms with Crippen LogP contribution in [-0.2, 0) is 30.9 Å². The summed E-state index contributed by atoms with van der Waals surface area (Å²) in [5, 5.41) is 6.80. The molecule has 10 heteroatoms. The minimum Gasteiger partial charge on any atom is -0.369 e. The molecule has 3 rings (SSSR count). The van der Waals surface area contributed by atoms with Crippen molar-refractivity contribution in [2.24, 2.45) is 7.05 Å². The Bertz CT molecular complexity index is 796. The first-order valence-electron chi connectivity index (χ1n) is 7.77. The van der Waals surface area contributed by atoms with Crippen LogP contribution in [0.25, 0.3) is 0 Å². The van der Waals surface area contributed by atoms with Crippen LogP contribution in [0.1, 0.15) is 53.2 Å². The quantitative estimate of drug-likeness (QED) is 0.881. The van der Waals surface area contributed by atoms with E-state index in [9.17, 15) is 18.0 Å². The molecule has 0 aliphatic carbocycles. The number of hydrogen-bond acceptors (Lipinski definition) is 4. The zero-order chi connectivity index (χ0) is 18.4. The molecule has 7 nitrogen and oxygen atoms in total. The summed E-state index contributed by atoms with van der Waals surface area (Å²) in [6, 6.07) is 0. The largest absolute Gasteiger partial charge is 0.432 e. The van der Waals surface area contributed by atoms with Gasteiger partial charge in [0.1, 0.15) is 11.5 Å². The van der Waals surface area contributed by atoms with Gasteiger partial charge < -0.3 is 15.0 Å². The van der Waals surface area contributed by atoms with E-state index in [1.54, 1.807) is 11.7 Å². The zero-order valence-corrected chi connectivity index (χ0v) is 13.9. The highest BCUT2D eigenvalue weighted by molar-refractivity contribution is 5.94. The summed E-state index contributed by atoms with van der Waals surface area (Å²) in [5.74, 6) is -0.432. The number of nitrogens with zero attached hydrogens (tertiary/aromatic N) is 3. The second-order valence-electron chi connectivity index (χ2n) is 6.05. The molecule has 0 radical (unpaired) electrons. The van der Waals surface area contributed by atoms with Crippen LogP contribution in [0.3, 0.4) is 0 Å². The van der Waals surface area contributed by atoms with Crippen molar-refractivity contribution in [3.05, 3.63) is 34.7 Å². The van der Waals surface area contributed by atoms with Gasteiger partial charge in [-0.05, 0) is 13.8 Å². The molecule has 1 amide bonds. The number of aryl methyl sites for hydroxylation is 1. The van der Waals surface area contributed by atoms with E-state index in [0.717, 1.165) is 11.3 Å². The van der Waals surface area contributed by atoms with E-state index in [1.807, 2.05) is 13.8 Å². The van der Waals surface area contributed by atoms with Crippen molar-refractivity contribution >= 4 is 5.91 Å². The molecule has 0 saturated carbocycles. The molecule has 0 fully saturated rings. The number of amides is 1. The van der Waals surface area contributed by atoms with E-state index in [2.05, 4.69) is 20.4 Å². The van der Waals surface area contributed by atoms with Crippen molar-refractivity contribution in [2.45, 2.75) is 45.2 Å². The highest BCUT2D eigenvalue weighted by atomic mass is 19.4. The predicted octanol–water partition coefficient (Wildman–Crippen LogP) is 2.11. The zero-order valence-electron chi connectivity index (χ0n) is 13.9. The molecule has 25 heavy (non-hydrogen) atoms. The number of H-pyrrole nitrogens is 1. The maximum atomic E-state index is 12.5. The summed E-state index contributed by atoms with van der Waals surface area (Å²) in [4.78, 5) is 18.2. The van der Waals surface area contributed by atoms with E-state index in [0.29, 0.717) is 12.6 Å². The van der Waals surface area contributed by atoms with Crippen molar-refractivity contribution < 1.29 is 22.7 Å². The fourth-order valence-corrected chi connectivity index (χ4v) is 3.07. The molecule has 0 spiro atoms. The van der Waals surface area contributed by atoms with Gasteiger partial charge >= 0.3 is 6.18 Å². The maximum Gasteiger partial charge on any atom is 0.432 e. The highest BCUT2D eigenvalue weighted by Crippen LogP contribution is 2.31. The first kappa shape index (κ1) is 17.5. The van der Waals surface area contributed by atoms with E-state index in [-0.39, 0.29) is 30.3 Å². The van der Waals surface area contributed by atoms with Crippen molar-refractivity contribution in [1.82, 2.24) is 25.1 Å². The van der Waals surface area contributed by atoms with Crippen LogP contribution >= 0.6 is 0 Å². The number of nitrogens with one attached hydrogen (secondary N) is 2. The van der Waals surface area contributed by atoms with Gasteiger partial charge in [-0.15, -0.1) is 0 Å². The van der Waals surface area contributed by atoms with Crippen LogP contribution in [0.5, 0.6) is 0 Å². The number of halogens is 3. The van der Waals surface area contributed by atoms with Gasteiger partial charge in [0.2, 0.25) is 0 Å². The molecular weight excluding hydrogens is 339 g/mol. The molecule has 1 aliphatic rings. The molecule has 1 aliphatic heterocycles. The number of ether oxygens (including phenoxy) is 1. The lowest BCUT2D eigenvalue weighted by molar-refractivity contribution is -0.140. The van der Waals surface area contributed by atoms with Crippen LogP contribution in [0.4, 0.5) is 13.2 Å². The number of aromatic amines is 1. The molecule has 3 heterocycles. The molecule has 2 aromatic heterocycles. The number of aromatic nitrogens is 4. The van der Waals surface area contributed by atoms with Gasteiger partial charge in [-0.1, -0.05) is 0 Å². The summed E-state index contributed by atoms with van der Waals surface area (Å²) < 4.78 is 45.0. The molecule has 0 bridgehead atoms. The number of alkyl halides is 3. The van der Waals surface area contributed by atoms with Gasteiger partial charge in [-0.3, -0.25) is 9.48 Å². The number of hydrogen-bond donors (Lipinski definition) is 2. The molecule has 2 aromatic rings. The fourth-order valence-electron chi connectivity index (χ4n) is 3.07. The summed E-state index contributed by atoms with van der Waals surface area (Å²) in [5.41, 5.74) is 0.955. The van der Waals surface area contributed by atoms with Crippen LogP contribution < -0.4 is 5.32 Å². The average Bonchev–Trinajstić information content (AvgIpc) is 3.09. The van der Waals surface area contributed by atoms with E-state index < -0.39 is 17.8 Å². The van der Waals surface area contributed by atoms with Crippen LogP contribution in [0, 0.1) is 0 Å². The third-order valence-electron chi connectivity index (χ3n) is 4.07. The fraction of sp³-hybridized carbons (Fsp3) is 0.533. The van der Waals surface area contributed by atoms with Crippen LogP contribution in [0.15, 0.2) is 6.20 Å². The van der Waals surface area contributed by atoms with Gasteiger partial charge in [-0.25, -0.2) is 4.98 Å². The summed E-state index contributed by atoms with van der Waals surface area (Å²) in [6.45, 7) is 3.65. The predicted molar refractivity (Wildman–Crippen MR) is 80.6 cm³/mol. The third-order valence-corrected chi connectivity index (χ3v) is 4.07. The summed E-state index contributed by atoms with van der Waals surface area (Å²) in [7, 11) is 1.73. The molecule has 2 atom stereocenters. The van der Waals surface area contributed by atoms with Crippen LogP contribution in [0.2, 0.25) is 0 Å². The van der Waals surface area contributed by atoms with Crippen molar-refractivity contribution in [1.29, 1.82) is 0 Å². The Balaban J connectivity index is 1.74. The van der Waals surface area contributed by atoms with Gasteiger partial charge in [-0.2, -0.15) is 18.3 Å². The Kier molecular flexibility index (Phi) is 4.31. The van der Waals surface area contributed by atoms with Gasteiger partial charge in [0, 0.05) is 19.0 Å². The van der Waals surface area contributed by atoms with Crippen molar-refractivity contribution in [3.8, 4) is 0 Å². The first-order chi connectivity index (χ1) is 11.7. The summed E-state index contributed by atoms with van der Waals surface area (Å²) in [6.07, 6.45) is -3.48. The second-order valence-corrected chi connectivity index (χ2v) is 6.05. The van der Waals surface area contributed by atoms with Gasteiger partial charge in [0.15, 0.2) is 5.69 Å². The Morgan fingerprint density at radius 1 is 1.48 bits per heavy atom. The van der Waals surface area contributed by atoms with Crippen LogP contribution in [-0.4, -0.2) is 31.8 Å². The lowest BCUT2D eigenvalue weighted by Gasteiger charge is -2.26. The van der Waals surface area contributed by atoms with Gasteiger partial charge in [0.25, 0.3) is 5.91 Å². The Labute approximate surface area is 141 Å². The maximum absolute atomic E-state index is 12.5. The van der Waals surface area contributed by atoms with Crippen molar-refractivity contribution in [3.63, 3.8) is 0 Å². The number of carbonyl (C=O) groups excluding carboxylic acids is 1. The van der Waals surface area contributed by atoms with Crippen molar-refractivity contribution in [2.75, 3.05) is 0 Å². The molecular formula is C15H18F3N5O2. The Morgan fingerprint density at radius 3 is 2.84 bits per heavy atom. The lowest BCUT2D eigenvalue weighted by atomic mass is 9.99. The number of carbonyl (C=O) groups is 1. The minimum absolute atomic E-state index is 0.0237. The van der Waals surface area contributed by atoms with E-state index >= 15 is 0 Å². The van der Waals surface area contributed by atoms with E-state index in [4.69, 9.17) is 4.74 Å². The van der Waals surface area contributed by atoms with E-state index in [1.165, 1.54) is 0 Å². The topological polar surface area (TPSA) is 84.8 Å². The number of imidazole rings is 1. The number of rotatable bonds is 3. The summed E-state index contributed by atoms with van der Waals surface area (Å²) >= 11 is 0. The monoisotopic (exact) mass is 357 g/mol. The lowest BCUT2D eigenvalue weighted by Crippen LogP contribution is -2.27.